The average Bonchev–Trinajstić information content (AvgIpc) is 3.94. The summed E-state index contributed by atoms with van der Waals surface area (Å²) < 4.78 is 30.6. The maximum Gasteiger partial charge on any atom is 0.166 e. The number of fused-ring (bicyclic) bond motifs is 1. The lowest BCUT2D eigenvalue weighted by Gasteiger charge is -2.26. The SMILES string of the molecule is Fc1c(-c2ccc(CCCCCCCCCC3CC3)cc2)cc2c(c1F)CC(CCCCCCCCCC1CC1)CC2. The number of hydrogen-bond donors (Lipinski definition) is 0. The molecule has 0 aromatic heterocycles. The Morgan fingerprint density at radius 2 is 1.02 bits per heavy atom. The minimum atomic E-state index is -0.652. The van der Waals surface area contributed by atoms with Crippen LogP contribution in [0.25, 0.3) is 11.1 Å². The van der Waals surface area contributed by atoms with Gasteiger partial charge < -0.3 is 0 Å². The van der Waals surface area contributed by atoms with Crippen LogP contribution in [0.15, 0.2) is 30.3 Å². The molecular weight excluding hydrogens is 518 g/mol. The molecule has 0 N–H and O–H groups in total. The summed E-state index contributed by atoms with van der Waals surface area (Å²) in [6, 6.07) is 10.2. The van der Waals surface area contributed by atoms with Crippen molar-refractivity contribution in [2.45, 2.75) is 161 Å². The summed E-state index contributed by atoms with van der Waals surface area (Å²) in [5.74, 6) is 1.42. The predicted molar refractivity (Wildman–Crippen MR) is 175 cm³/mol. The first kappa shape index (κ1) is 31.7. The number of rotatable bonds is 21. The third-order valence-corrected chi connectivity index (χ3v) is 10.7. The molecule has 232 valence electrons. The normalized spacial score (nSPS) is 18.4. The molecule has 0 nitrogen and oxygen atoms in total. The van der Waals surface area contributed by atoms with Crippen molar-refractivity contribution >= 4 is 0 Å². The second-order valence-corrected chi connectivity index (χ2v) is 14.4. The first-order chi connectivity index (χ1) is 20.7. The molecule has 2 fully saturated rings. The lowest BCUT2D eigenvalue weighted by Crippen LogP contribution is -2.17. The van der Waals surface area contributed by atoms with Crippen LogP contribution in [0.4, 0.5) is 8.78 Å². The van der Waals surface area contributed by atoms with Gasteiger partial charge in [-0.2, -0.15) is 0 Å². The van der Waals surface area contributed by atoms with Gasteiger partial charge in [-0.05, 0) is 78.2 Å². The fraction of sp³-hybridized carbons (Fsp3) is 0.700. The summed E-state index contributed by atoms with van der Waals surface area (Å²) >= 11 is 0. The van der Waals surface area contributed by atoms with Gasteiger partial charge in [0, 0.05) is 5.56 Å². The van der Waals surface area contributed by atoms with Crippen molar-refractivity contribution in [3.8, 4) is 11.1 Å². The van der Waals surface area contributed by atoms with Gasteiger partial charge in [-0.15, -0.1) is 0 Å². The first-order valence-corrected chi connectivity index (χ1v) is 18.3. The third-order valence-electron chi connectivity index (χ3n) is 10.7. The van der Waals surface area contributed by atoms with Crippen LogP contribution in [0.1, 0.15) is 158 Å². The molecule has 0 saturated heterocycles. The highest BCUT2D eigenvalue weighted by molar-refractivity contribution is 5.66. The fourth-order valence-electron chi connectivity index (χ4n) is 7.43. The molecule has 5 rings (SSSR count). The van der Waals surface area contributed by atoms with Gasteiger partial charge in [-0.3, -0.25) is 0 Å². The second-order valence-electron chi connectivity index (χ2n) is 14.4. The fourth-order valence-corrected chi connectivity index (χ4v) is 7.43. The van der Waals surface area contributed by atoms with Crippen LogP contribution in [0.3, 0.4) is 0 Å². The average molecular weight is 577 g/mol. The summed E-state index contributed by atoms with van der Waals surface area (Å²) in [6.07, 6.45) is 32.7. The molecule has 0 aliphatic heterocycles. The van der Waals surface area contributed by atoms with Crippen LogP contribution in [0.5, 0.6) is 0 Å². The van der Waals surface area contributed by atoms with Crippen molar-refractivity contribution in [1.82, 2.24) is 0 Å². The van der Waals surface area contributed by atoms with E-state index in [-0.39, 0.29) is 0 Å². The molecule has 2 aromatic carbocycles. The van der Waals surface area contributed by atoms with E-state index >= 15 is 8.78 Å². The van der Waals surface area contributed by atoms with E-state index in [1.807, 2.05) is 18.2 Å². The zero-order chi connectivity index (χ0) is 29.0. The van der Waals surface area contributed by atoms with E-state index in [1.54, 1.807) is 0 Å². The molecule has 0 radical (unpaired) electrons. The van der Waals surface area contributed by atoms with Gasteiger partial charge in [-0.1, -0.05) is 153 Å². The summed E-state index contributed by atoms with van der Waals surface area (Å²) in [4.78, 5) is 0. The van der Waals surface area contributed by atoms with Gasteiger partial charge in [0.05, 0.1) is 0 Å². The second kappa shape index (κ2) is 17.0. The number of benzene rings is 2. The highest BCUT2D eigenvalue weighted by Crippen LogP contribution is 2.37. The zero-order valence-electron chi connectivity index (χ0n) is 26.6. The van der Waals surface area contributed by atoms with Crippen molar-refractivity contribution < 1.29 is 8.78 Å². The molecule has 3 aliphatic carbocycles. The summed E-state index contributed by atoms with van der Waals surface area (Å²) in [5, 5.41) is 0. The molecule has 0 spiro atoms. The highest BCUT2D eigenvalue weighted by atomic mass is 19.2. The van der Waals surface area contributed by atoms with E-state index in [2.05, 4.69) is 12.1 Å². The number of hydrogen-bond acceptors (Lipinski definition) is 0. The standard InChI is InChI=1S/C40H58F2/c41-39-37-29-34(18-14-10-6-2-5-8-12-16-32-21-22-32)25-28-36(37)30-38(40(39)42)35-26-23-33(24-27-35)17-13-9-4-1-3-7-11-15-31-19-20-31/h23-24,26-27,30-32,34H,1-22,25,28-29H2. The van der Waals surface area contributed by atoms with Gasteiger partial charge >= 0.3 is 0 Å². The molecule has 2 aromatic rings. The molecule has 42 heavy (non-hydrogen) atoms. The van der Waals surface area contributed by atoms with Gasteiger partial charge in [0.25, 0.3) is 0 Å². The van der Waals surface area contributed by atoms with Crippen molar-refractivity contribution in [2.75, 3.05) is 0 Å². The van der Waals surface area contributed by atoms with Crippen molar-refractivity contribution in [1.29, 1.82) is 0 Å². The minimum Gasteiger partial charge on any atom is -0.203 e. The van der Waals surface area contributed by atoms with Gasteiger partial charge in [-0.25, -0.2) is 8.78 Å². The lowest BCUT2D eigenvalue weighted by atomic mass is 9.80. The van der Waals surface area contributed by atoms with Gasteiger partial charge in [0.1, 0.15) is 0 Å². The van der Waals surface area contributed by atoms with E-state index in [1.165, 1.54) is 134 Å². The Balaban J connectivity index is 0.988. The number of aryl methyl sites for hydroxylation is 2. The van der Waals surface area contributed by atoms with E-state index < -0.39 is 11.6 Å². The molecule has 0 bridgehead atoms. The smallest absolute Gasteiger partial charge is 0.166 e. The maximum atomic E-state index is 15.3. The van der Waals surface area contributed by atoms with Crippen LogP contribution < -0.4 is 0 Å². The number of halogens is 2. The quantitative estimate of drug-likeness (QED) is 0.130. The summed E-state index contributed by atoms with van der Waals surface area (Å²) in [7, 11) is 0. The van der Waals surface area contributed by atoms with Crippen molar-refractivity contribution in [3.63, 3.8) is 0 Å². The Hall–Kier alpha value is -1.70. The van der Waals surface area contributed by atoms with Crippen LogP contribution in [0.2, 0.25) is 0 Å². The van der Waals surface area contributed by atoms with Crippen LogP contribution >= 0.6 is 0 Å². The highest BCUT2D eigenvalue weighted by Gasteiger charge is 2.26. The monoisotopic (exact) mass is 576 g/mol. The Morgan fingerprint density at radius 3 is 1.57 bits per heavy atom. The predicted octanol–water partition coefficient (Wildman–Crippen LogP) is 12.7. The van der Waals surface area contributed by atoms with E-state index in [0.717, 1.165) is 48.6 Å². The van der Waals surface area contributed by atoms with E-state index in [4.69, 9.17) is 0 Å². The van der Waals surface area contributed by atoms with Gasteiger partial charge in [0.2, 0.25) is 0 Å². The summed E-state index contributed by atoms with van der Waals surface area (Å²) in [5.41, 5.74) is 4.23. The molecule has 1 atom stereocenters. The maximum absolute atomic E-state index is 15.3. The van der Waals surface area contributed by atoms with Crippen LogP contribution in [0, 0.1) is 29.4 Å². The molecule has 2 heteroatoms. The van der Waals surface area contributed by atoms with Crippen molar-refractivity contribution in [3.05, 3.63) is 58.7 Å². The topological polar surface area (TPSA) is 0 Å². The Bertz CT molecular complexity index is 1060. The largest absolute Gasteiger partial charge is 0.203 e. The lowest BCUT2D eigenvalue weighted by molar-refractivity contribution is 0.388. The molecular formula is C40H58F2. The molecule has 3 aliphatic rings. The Labute approximate surface area is 256 Å². The Kier molecular flexibility index (Phi) is 12.8. The molecule has 0 amide bonds. The zero-order valence-corrected chi connectivity index (χ0v) is 26.6. The van der Waals surface area contributed by atoms with Crippen LogP contribution in [-0.2, 0) is 19.3 Å². The minimum absolute atomic E-state index is 0.440. The van der Waals surface area contributed by atoms with E-state index in [0.29, 0.717) is 23.5 Å². The van der Waals surface area contributed by atoms with Crippen LogP contribution in [-0.4, -0.2) is 0 Å². The summed E-state index contributed by atoms with van der Waals surface area (Å²) in [6.45, 7) is 0. The van der Waals surface area contributed by atoms with Gasteiger partial charge in [0.15, 0.2) is 11.6 Å². The first-order valence-electron chi connectivity index (χ1n) is 18.3. The molecule has 1 unspecified atom stereocenters. The Morgan fingerprint density at radius 1 is 0.524 bits per heavy atom. The third kappa shape index (κ3) is 10.5. The van der Waals surface area contributed by atoms with Crippen molar-refractivity contribution in [2.24, 2.45) is 17.8 Å². The van der Waals surface area contributed by atoms with E-state index in [9.17, 15) is 0 Å². The number of unbranched alkanes of at least 4 members (excludes halogenated alkanes) is 12. The molecule has 2 saturated carbocycles. The molecule has 0 heterocycles.